The van der Waals surface area contributed by atoms with E-state index in [0.29, 0.717) is 0 Å². The number of hydrogen-bond donors (Lipinski definition) is 1. The first-order chi connectivity index (χ1) is 1.89. The van der Waals surface area contributed by atoms with Gasteiger partial charge in [-0.2, -0.15) is 0 Å². The van der Waals surface area contributed by atoms with Gasteiger partial charge in [-0.25, -0.2) is 0 Å². The Morgan fingerprint density at radius 2 is 1.60 bits per heavy atom. The summed E-state index contributed by atoms with van der Waals surface area (Å²) in [5, 5.41) is 8.17. The fraction of sp³-hybridized carbons (Fsp3) is 1.00. The zero-order valence-electron chi connectivity index (χ0n) is 2.79. The minimum atomic E-state index is 0. The van der Waals surface area contributed by atoms with E-state index < -0.39 is 0 Å². The first kappa shape index (κ1) is 5.58. The Morgan fingerprint density at radius 3 is 1.60 bits per heavy atom. The molecule has 1 fully saturated rings. The van der Waals surface area contributed by atoms with Crippen molar-refractivity contribution in [3.63, 3.8) is 0 Å². The van der Waals surface area contributed by atoms with Crippen molar-refractivity contribution in [2.45, 2.75) is 18.9 Å². The van der Waals surface area contributed by atoms with Crippen LogP contribution in [0.5, 0.6) is 0 Å². The third-order valence-corrected chi connectivity index (χ3v) is 0.547. The van der Waals surface area contributed by atoms with Gasteiger partial charge in [0.2, 0.25) is 0 Å². The summed E-state index contributed by atoms with van der Waals surface area (Å²) in [6.45, 7) is 0. The van der Waals surface area contributed by atoms with E-state index in [1.54, 1.807) is 0 Å². The summed E-state index contributed by atoms with van der Waals surface area (Å²) in [7, 11) is 0. The van der Waals surface area contributed by atoms with E-state index >= 15 is 0 Å². The van der Waals surface area contributed by atoms with Crippen molar-refractivity contribution in [1.82, 2.24) is 0 Å². The van der Waals surface area contributed by atoms with E-state index in [4.69, 9.17) is 5.11 Å². The van der Waals surface area contributed by atoms with Crippen LogP contribution in [0, 0.1) is 0 Å². The van der Waals surface area contributed by atoms with Crippen LogP contribution >= 0.6 is 0 Å². The van der Waals surface area contributed by atoms with Crippen LogP contribution in [0.3, 0.4) is 0 Å². The molecule has 0 bridgehead atoms. The Kier molecular flexibility index (Phi) is 2.11. The maximum absolute atomic E-state index is 8.17. The van der Waals surface area contributed by atoms with Gasteiger partial charge in [0.25, 0.3) is 0 Å². The van der Waals surface area contributed by atoms with Crippen LogP contribution in [0.15, 0.2) is 0 Å². The molecule has 0 heterocycles. The quantitative estimate of drug-likeness (QED) is 0.498. The van der Waals surface area contributed by atoms with Gasteiger partial charge in [-0.05, 0) is 12.8 Å². The first-order valence-corrected chi connectivity index (χ1v) is 1.57. The second-order valence-corrected chi connectivity index (χ2v) is 1.23. The molecule has 1 nitrogen and oxygen atoms in total. The van der Waals surface area contributed by atoms with Gasteiger partial charge in [0.1, 0.15) is 0 Å². The van der Waals surface area contributed by atoms with Gasteiger partial charge in [-0.15, -0.1) is 0 Å². The second kappa shape index (κ2) is 1.89. The fourth-order valence-electron chi connectivity index (χ4n) is 0.0745. The monoisotopic (exact) mass is 160 g/mol. The number of aliphatic hydroxyl groups is 1. The molecule has 0 amide bonds. The molecule has 1 aliphatic rings. The molecule has 1 rings (SSSR count). The molecule has 0 aliphatic heterocycles. The molecule has 0 aromatic carbocycles. The Morgan fingerprint density at radius 1 is 1.40 bits per heavy atom. The fourth-order valence-corrected chi connectivity index (χ4v) is 0.0745. The summed E-state index contributed by atoms with van der Waals surface area (Å²) >= 11 is 0. The van der Waals surface area contributed by atoms with E-state index in [1.165, 1.54) is 0 Å². The van der Waals surface area contributed by atoms with Gasteiger partial charge in [0.15, 0.2) is 0 Å². The Labute approximate surface area is 44.1 Å². The van der Waals surface area contributed by atoms with E-state index in [2.05, 4.69) is 0 Å². The minimum Gasteiger partial charge on any atom is -0.393 e. The van der Waals surface area contributed by atoms with E-state index in [1.807, 2.05) is 0 Å². The van der Waals surface area contributed by atoms with E-state index in [9.17, 15) is 0 Å². The van der Waals surface area contributed by atoms with Crippen molar-refractivity contribution in [3.05, 3.63) is 0 Å². The van der Waals surface area contributed by atoms with Gasteiger partial charge in [-0.1, -0.05) is 0 Å². The summed E-state index contributed by atoms with van der Waals surface area (Å²) in [6, 6.07) is 0. The van der Waals surface area contributed by atoms with Crippen LogP contribution < -0.4 is 0 Å². The number of aliphatic hydroxyl groups excluding tert-OH is 1. The maximum atomic E-state index is 8.17. The summed E-state index contributed by atoms with van der Waals surface area (Å²) in [5.41, 5.74) is 0. The largest absolute Gasteiger partial charge is 0.393 e. The molecule has 1 saturated carbocycles. The summed E-state index contributed by atoms with van der Waals surface area (Å²) < 4.78 is 0. The Bertz CT molecular complexity index is 26.1. The van der Waals surface area contributed by atoms with Crippen LogP contribution in [0.4, 0.5) is 0 Å². The zero-order chi connectivity index (χ0) is 2.99. The third-order valence-electron chi connectivity index (χ3n) is 0.547. The molecule has 1 aliphatic carbocycles. The molecule has 0 radical (unpaired) electrons. The van der Waals surface area contributed by atoms with Crippen LogP contribution in [0.25, 0.3) is 0 Å². The molecule has 0 aromatic rings. The van der Waals surface area contributed by atoms with Crippen molar-refractivity contribution in [1.29, 1.82) is 0 Å². The average Bonchev–Trinajstić information content (AvgIpc) is 1.75. The topological polar surface area (TPSA) is 20.2 Å². The predicted octanol–water partition coefficient (Wildman–Crippen LogP) is 0.139. The van der Waals surface area contributed by atoms with E-state index in [0.717, 1.165) is 12.8 Å². The molecule has 0 aromatic heterocycles. The van der Waals surface area contributed by atoms with Crippen molar-refractivity contribution in [3.8, 4) is 0 Å². The molecule has 1 N–H and O–H groups in total. The molecule has 5 heavy (non-hydrogen) atoms. The maximum Gasteiger partial charge on any atom is 0.0542 e. The van der Waals surface area contributed by atoms with Gasteiger partial charge >= 0.3 is 0 Å². The van der Waals surface area contributed by atoms with Crippen LogP contribution in [0.1, 0.15) is 12.8 Å². The van der Waals surface area contributed by atoms with Crippen molar-refractivity contribution >= 4 is 0 Å². The first-order valence-electron chi connectivity index (χ1n) is 1.57. The molecular formula is C3H6ORu. The molecule has 0 atom stereocenters. The predicted molar refractivity (Wildman–Crippen MR) is 15.2 cm³/mol. The van der Waals surface area contributed by atoms with Gasteiger partial charge in [0, 0.05) is 19.5 Å². The summed E-state index contributed by atoms with van der Waals surface area (Å²) in [5.74, 6) is 0. The minimum absolute atomic E-state index is 0. The average molecular weight is 159 g/mol. The smallest absolute Gasteiger partial charge is 0.0542 e. The number of hydrogen-bond acceptors (Lipinski definition) is 1. The zero-order valence-corrected chi connectivity index (χ0v) is 4.53. The summed E-state index contributed by atoms with van der Waals surface area (Å²) in [4.78, 5) is 0. The van der Waals surface area contributed by atoms with Gasteiger partial charge in [0.05, 0.1) is 6.10 Å². The van der Waals surface area contributed by atoms with Crippen molar-refractivity contribution in [2.75, 3.05) is 0 Å². The van der Waals surface area contributed by atoms with Crippen LogP contribution in [-0.4, -0.2) is 11.2 Å². The normalized spacial score (nSPS) is 21.0. The SMILES string of the molecule is OC1CC1.[Ru]. The van der Waals surface area contributed by atoms with Crippen LogP contribution in [0.2, 0.25) is 0 Å². The molecular weight excluding hydrogens is 153 g/mol. The Hall–Kier alpha value is 0.583. The van der Waals surface area contributed by atoms with Crippen molar-refractivity contribution < 1.29 is 24.6 Å². The number of rotatable bonds is 0. The molecule has 2 heteroatoms. The molecule has 32 valence electrons. The standard InChI is InChI=1S/C3H6O.Ru/c4-3-1-2-3;/h3-4H,1-2H2;. The molecule has 0 saturated heterocycles. The van der Waals surface area contributed by atoms with Gasteiger partial charge < -0.3 is 5.11 Å². The van der Waals surface area contributed by atoms with E-state index in [-0.39, 0.29) is 25.6 Å². The Balaban J connectivity index is 0.000000160. The van der Waals surface area contributed by atoms with Crippen LogP contribution in [-0.2, 0) is 19.5 Å². The second-order valence-electron chi connectivity index (χ2n) is 1.23. The third kappa shape index (κ3) is 2.38. The molecule has 0 spiro atoms. The van der Waals surface area contributed by atoms with Crippen molar-refractivity contribution in [2.24, 2.45) is 0 Å². The summed E-state index contributed by atoms with van der Waals surface area (Å²) in [6.07, 6.45) is 2.17. The van der Waals surface area contributed by atoms with Gasteiger partial charge in [-0.3, -0.25) is 0 Å². The molecule has 0 unspecified atom stereocenters.